The molecule has 0 unspecified atom stereocenters. The quantitative estimate of drug-likeness (QED) is 0.879. The topological polar surface area (TPSA) is 15.3 Å². The fraction of sp³-hybridized carbons (Fsp3) is 0.571. The van der Waals surface area contributed by atoms with Crippen LogP contribution in [0.25, 0.3) is 0 Å². The number of hydrogen-bond acceptors (Lipinski definition) is 2. The van der Waals surface area contributed by atoms with Crippen molar-refractivity contribution in [3.63, 3.8) is 0 Å². The first-order chi connectivity index (χ1) is 9.88. The summed E-state index contributed by atoms with van der Waals surface area (Å²) in [5, 5.41) is 4.04. The summed E-state index contributed by atoms with van der Waals surface area (Å²) in [6.07, 6.45) is -5.06. The van der Waals surface area contributed by atoms with Crippen LogP contribution in [0.15, 0.2) is 18.2 Å². The summed E-state index contributed by atoms with van der Waals surface area (Å²) in [5.74, 6) is 0. The zero-order valence-corrected chi connectivity index (χ0v) is 12.9. The van der Waals surface area contributed by atoms with Crippen molar-refractivity contribution in [2.75, 3.05) is 26.2 Å². The smallest absolute Gasteiger partial charge is 0.314 e. The van der Waals surface area contributed by atoms with E-state index in [9.17, 15) is 13.2 Å². The van der Waals surface area contributed by atoms with Crippen LogP contribution in [0, 0.1) is 0 Å². The molecule has 0 radical (unpaired) electrons. The van der Waals surface area contributed by atoms with Gasteiger partial charge in [-0.05, 0) is 18.6 Å². The summed E-state index contributed by atoms with van der Waals surface area (Å²) in [6.45, 7) is 2.88. The van der Waals surface area contributed by atoms with Crippen molar-refractivity contribution in [3.8, 4) is 0 Å². The van der Waals surface area contributed by atoms with Gasteiger partial charge in [0.1, 0.15) is 0 Å². The first-order valence-electron chi connectivity index (χ1n) is 6.84. The van der Waals surface area contributed by atoms with Gasteiger partial charge in [0.25, 0.3) is 0 Å². The number of rotatable bonds is 4. The molecule has 0 spiro atoms. The van der Waals surface area contributed by atoms with Gasteiger partial charge in [-0.3, -0.25) is 4.90 Å². The molecular weight excluding hydrogens is 324 g/mol. The fourth-order valence-electron chi connectivity index (χ4n) is 2.63. The third-order valence-electron chi connectivity index (χ3n) is 3.63. The fourth-order valence-corrected chi connectivity index (χ4v) is 3.28. The van der Waals surface area contributed by atoms with Crippen LogP contribution in [0.2, 0.25) is 10.0 Å². The average Bonchev–Trinajstić information content (AvgIpc) is 2.42. The lowest BCUT2D eigenvalue weighted by molar-refractivity contribution is -0.138. The first-order valence-corrected chi connectivity index (χ1v) is 7.59. The molecule has 0 amide bonds. The molecule has 0 aliphatic carbocycles. The van der Waals surface area contributed by atoms with E-state index in [1.165, 1.54) is 0 Å². The Morgan fingerprint density at radius 3 is 2.24 bits per heavy atom. The van der Waals surface area contributed by atoms with Crippen LogP contribution < -0.4 is 5.32 Å². The van der Waals surface area contributed by atoms with Gasteiger partial charge in [-0.1, -0.05) is 29.3 Å². The highest BCUT2D eigenvalue weighted by Gasteiger charge is 2.32. The van der Waals surface area contributed by atoms with Crippen molar-refractivity contribution >= 4 is 23.2 Å². The van der Waals surface area contributed by atoms with Gasteiger partial charge >= 0.3 is 6.18 Å². The summed E-state index contributed by atoms with van der Waals surface area (Å²) < 4.78 is 37.8. The van der Waals surface area contributed by atoms with Gasteiger partial charge in [0.05, 0.1) is 0 Å². The zero-order chi connectivity index (χ0) is 15.5. The Kier molecular flexibility index (Phi) is 5.77. The van der Waals surface area contributed by atoms with E-state index < -0.39 is 18.6 Å². The predicted octanol–water partition coefficient (Wildman–Crippen LogP) is 4.28. The molecule has 1 heterocycles. The monoisotopic (exact) mass is 340 g/mol. The van der Waals surface area contributed by atoms with E-state index in [2.05, 4.69) is 5.32 Å². The van der Waals surface area contributed by atoms with Gasteiger partial charge in [0.15, 0.2) is 0 Å². The maximum absolute atomic E-state index is 12.6. The van der Waals surface area contributed by atoms with Gasteiger partial charge in [0.2, 0.25) is 0 Å². The van der Waals surface area contributed by atoms with Crippen LogP contribution in [0.3, 0.4) is 0 Å². The number of nitrogens with zero attached hydrogens (tertiary/aromatic N) is 1. The third-order valence-corrected chi connectivity index (χ3v) is 4.29. The lowest BCUT2D eigenvalue weighted by atomic mass is 9.99. The van der Waals surface area contributed by atoms with Gasteiger partial charge < -0.3 is 5.32 Å². The van der Waals surface area contributed by atoms with Crippen molar-refractivity contribution < 1.29 is 13.2 Å². The Labute approximate surface area is 132 Å². The molecule has 118 valence electrons. The minimum Gasteiger partial charge on any atom is -0.314 e. The molecule has 7 heteroatoms. The minimum absolute atomic E-state index is 0.0348. The molecule has 2 nitrogen and oxygen atoms in total. The van der Waals surface area contributed by atoms with E-state index >= 15 is 0 Å². The van der Waals surface area contributed by atoms with E-state index in [0.29, 0.717) is 28.7 Å². The lowest BCUT2D eigenvalue weighted by Gasteiger charge is -2.36. The number of alkyl halides is 3. The average molecular weight is 341 g/mol. The normalized spacial score (nSPS) is 18.7. The van der Waals surface area contributed by atoms with Gasteiger partial charge in [-0.15, -0.1) is 0 Å². The second kappa shape index (κ2) is 7.18. The summed E-state index contributed by atoms with van der Waals surface area (Å²) in [5.41, 5.74) is 0.604. The molecule has 2 rings (SSSR count). The second-order valence-corrected chi connectivity index (χ2v) is 5.91. The zero-order valence-electron chi connectivity index (χ0n) is 11.4. The minimum atomic E-state index is -4.18. The number of nitrogens with one attached hydrogen (secondary N) is 1. The molecule has 0 saturated carbocycles. The van der Waals surface area contributed by atoms with E-state index in [1.807, 2.05) is 4.90 Å². The molecule has 1 aromatic carbocycles. The van der Waals surface area contributed by atoms with Crippen LogP contribution in [-0.4, -0.2) is 37.3 Å². The van der Waals surface area contributed by atoms with Crippen molar-refractivity contribution in [2.24, 2.45) is 0 Å². The molecule has 1 aromatic rings. The van der Waals surface area contributed by atoms with Crippen molar-refractivity contribution in [2.45, 2.75) is 25.1 Å². The molecule has 0 bridgehead atoms. The highest BCUT2D eigenvalue weighted by atomic mass is 35.5. The Morgan fingerprint density at radius 2 is 1.71 bits per heavy atom. The Bertz CT molecular complexity index is 454. The largest absolute Gasteiger partial charge is 0.389 e. The van der Waals surface area contributed by atoms with Crippen LogP contribution in [0.1, 0.15) is 24.4 Å². The van der Waals surface area contributed by atoms with Crippen LogP contribution in [0.4, 0.5) is 13.2 Å². The lowest BCUT2D eigenvalue weighted by Crippen LogP contribution is -2.45. The van der Waals surface area contributed by atoms with E-state index in [0.717, 1.165) is 13.1 Å². The number of halogens is 5. The summed E-state index contributed by atoms with van der Waals surface area (Å²) >= 11 is 12.4. The highest BCUT2D eigenvalue weighted by molar-refractivity contribution is 6.36. The van der Waals surface area contributed by atoms with Crippen LogP contribution in [0.5, 0.6) is 0 Å². The molecule has 1 N–H and O–H groups in total. The first kappa shape index (κ1) is 16.9. The number of benzene rings is 1. The van der Waals surface area contributed by atoms with Gasteiger partial charge in [-0.2, -0.15) is 13.2 Å². The van der Waals surface area contributed by atoms with Gasteiger partial charge in [-0.25, -0.2) is 0 Å². The van der Waals surface area contributed by atoms with E-state index in [4.69, 9.17) is 23.2 Å². The van der Waals surface area contributed by atoms with Crippen molar-refractivity contribution in [1.82, 2.24) is 10.2 Å². The number of piperazine rings is 1. The molecular formula is C14H17Cl2F3N2. The SMILES string of the molecule is FC(F)(F)CC[C@@H](c1c(Cl)cccc1Cl)N1CCNCC1. The molecule has 1 aliphatic rings. The maximum atomic E-state index is 12.6. The molecule has 21 heavy (non-hydrogen) atoms. The second-order valence-electron chi connectivity index (χ2n) is 5.09. The van der Waals surface area contributed by atoms with E-state index in [-0.39, 0.29) is 6.42 Å². The summed E-state index contributed by atoms with van der Waals surface area (Å²) in [4.78, 5) is 2.02. The summed E-state index contributed by atoms with van der Waals surface area (Å²) in [6, 6.07) is 4.64. The molecule has 1 atom stereocenters. The third kappa shape index (κ3) is 4.74. The predicted molar refractivity (Wildman–Crippen MR) is 78.9 cm³/mol. The maximum Gasteiger partial charge on any atom is 0.389 e. The Hall–Kier alpha value is -0.490. The molecule has 1 saturated heterocycles. The van der Waals surface area contributed by atoms with Crippen molar-refractivity contribution in [3.05, 3.63) is 33.8 Å². The Morgan fingerprint density at radius 1 is 1.14 bits per heavy atom. The van der Waals surface area contributed by atoms with Crippen LogP contribution >= 0.6 is 23.2 Å². The highest BCUT2D eigenvalue weighted by Crippen LogP contribution is 2.38. The number of hydrogen-bond donors (Lipinski definition) is 1. The molecule has 0 aromatic heterocycles. The van der Waals surface area contributed by atoms with Gasteiger partial charge in [0, 0.05) is 54.3 Å². The summed E-state index contributed by atoms with van der Waals surface area (Å²) in [7, 11) is 0. The van der Waals surface area contributed by atoms with Crippen molar-refractivity contribution in [1.29, 1.82) is 0 Å². The standard InChI is InChI=1S/C14H17Cl2F3N2/c15-10-2-1-3-11(16)13(10)12(4-5-14(17,18)19)21-8-6-20-7-9-21/h1-3,12,20H,4-9H2/t12-/m0/s1. The Balaban J connectivity index is 2.26. The molecule has 1 fully saturated rings. The van der Waals surface area contributed by atoms with E-state index in [1.54, 1.807) is 18.2 Å². The molecule has 1 aliphatic heterocycles. The van der Waals surface area contributed by atoms with Crippen LogP contribution in [-0.2, 0) is 0 Å².